The summed E-state index contributed by atoms with van der Waals surface area (Å²) in [5.74, 6) is 2.18. The number of rotatable bonds is 1. The summed E-state index contributed by atoms with van der Waals surface area (Å²) < 4.78 is 8.14. The number of aryl methyl sites for hydroxylation is 2. The zero-order chi connectivity index (χ0) is 11.5. The van der Waals surface area contributed by atoms with Gasteiger partial charge in [0.2, 0.25) is 5.69 Å². The second kappa shape index (κ2) is 5.47. The molecule has 0 aromatic carbocycles. The summed E-state index contributed by atoms with van der Waals surface area (Å²) in [7, 11) is 2.08. The smallest absolute Gasteiger partial charge is 0.209 e. The topological polar surface area (TPSA) is 28.9 Å². The molecule has 90 valence electrons. The van der Waals surface area contributed by atoms with E-state index in [4.69, 9.17) is 4.74 Å². The highest BCUT2D eigenvalue weighted by Crippen LogP contribution is 2.41. The molecule has 0 amide bonds. The van der Waals surface area contributed by atoms with Crippen LogP contribution in [0.15, 0.2) is 0 Å². The van der Waals surface area contributed by atoms with Gasteiger partial charge in [0.1, 0.15) is 0 Å². The molecule has 0 atom stereocenters. The molecule has 0 aliphatic carbocycles. The normalized spacial score (nSPS) is 19.4. The summed E-state index contributed by atoms with van der Waals surface area (Å²) in [6.45, 7) is 6.13. The van der Waals surface area contributed by atoms with Crippen LogP contribution in [0.3, 0.4) is 0 Å². The van der Waals surface area contributed by atoms with E-state index in [1.54, 1.807) is 0 Å². The van der Waals surface area contributed by atoms with Gasteiger partial charge in [-0.3, -0.25) is 0 Å². The quantitative estimate of drug-likeness (QED) is 0.782. The Hall–Kier alpha value is -0.130. The number of aromatic amines is 1. The van der Waals surface area contributed by atoms with Crippen molar-refractivity contribution in [2.45, 2.75) is 18.4 Å². The van der Waals surface area contributed by atoms with E-state index < -0.39 is 0 Å². The van der Waals surface area contributed by atoms with Gasteiger partial charge in [-0.15, -0.1) is 28.2 Å². The monoisotopic (exact) mass is 259 g/mol. The number of hydrogen-bond donors (Lipinski definition) is 1. The first kappa shape index (κ1) is 12.3. The van der Waals surface area contributed by atoms with Crippen LogP contribution in [0.5, 0.6) is 0 Å². The van der Waals surface area contributed by atoms with Crippen molar-refractivity contribution in [3.05, 3.63) is 17.0 Å². The zero-order valence-corrected chi connectivity index (χ0v) is 11.7. The van der Waals surface area contributed by atoms with Gasteiger partial charge in [-0.1, -0.05) is 0 Å². The maximum atomic E-state index is 5.47. The minimum absolute atomic E-state index is 0.557. The lowest BCUT2D eigenvalue weighted by Gasteiger charge is -2.18. The van der Waals surface area contributed by atoms with Gasteiger partial charge in [0.25, 0.3) is 0 Å². The number of nitrogens with zero attached hydrogens (tertiary/aromatic N) is 1. The summed E-state index contributed by atoms with van der Waals surface area (Å²) in [5.41, 5.74) is 4.12. The molecule has 5 heteroatoms. The molecule has 2 heterocycles. The molecule has 1 aliphatic rings. The number of thioether (sulfide) groups is 2. The number of hydrogen-bond acceptors (Lipinski definition) is 3. The molecule has 0 radical (unpaired) electrons. The van der Waals surface area contributed by atoms with Crippen molar-refractivity contribution in [2.75, 3.05) is 24.7 Å². The molecule has 0 spiro atoms. The first-order valence-corrected chi connectivity index (χ1v) is 7.66. The van der Waals surface area contributed by atoms with E-state index in [9.17, 15) is 0 Å². The Bertz CT molecular complexity index is 357. The van der Waals surface area contributed by atoms with Crippen LogP contribution in [-0.4, -0.2) is 29.8 Å². The predicted octanol–water partition coefficient (Wildman–Crippen LogP) is 1.95. The van der Waals surface area contributed by atoms with Gasteiger partial charge in [-0.2, -0.15) is 5.10 Å². The predicted molar refractivity (Wildman–Crippen MR) is 69.9 cm³/mol. The molecule has 1 fully saturated rings. The second-order valence-corrected chi connectivity index (χ2v) is 6.71. The summed E-state index contributed by atoms with van der Waals surface area (Å²) >= 11 is 3.99. The van der Waals surface area contributed by atoms with Gasteiger partial charge in [0.15, 0.2) is 7.05 Å². The van der Waals surface area contributed by atoms with E-state index in [-0.39, 0.29) is 0 Å². The third-order valence-electron chi connectivity index (χ3n) is 2.86. The first-order valence-electron chi connectivity index (χ1n) is 5.56. The van der Waals surface area contributed by atoms with Crippen molar-refractivity contribution < 1.29 is 9.42 Å². The average molecular weight is 259 g/mol. The Kier molecular flexibility index (Phi) is 4.21. The minimum Gasteiger partial charge on any atom is -0.380 e. The molecule has 1 aromatic heterocycles. The Balaban J connectivity index is 2.20. The molecule has 0 unspecified atom stereocenters. The molecule has 0 bridgehead atoms. The second-order valence-electron chi connectivity index (χ2n) is 3.98. The molecule has 1 aromatic rings. The summed E-state index contributed by atoms with van der Waals surface area (Å²) in [6.07, 6.45) is 0. The Morgan fingerprint density at radius 1 is 1.25 bits per heavy atom. The van der Waals surface area contributed by atoms with Gasteiger partial charge in [0.05, 0.1) is 29.1 Å². The van der Waals surface area contributed by atoms with E-state index in [1.807, 2.05) is 23.5 Å². The van der Waals surface area contributed by atoms with Crippen molar-refractivity contribution in [3.8, 4) is 0 Å². The van der Waals surface area contributed by atoms with Crippen LogP contribution in [-0.2, 0) is 11.8 Å². The van der Waals surface area contributed by atoms with Crippen LogP contribution in [0, 0.1) is 13.8 Å². The van der Waals surface area contributed by atoms with Crippen molar-refractivity contribution >= 4 is 23.5 Å². The van der Waals surface area contributed by atoms with Crippen molar-refractivity contribution in [2.24, 2.45) is 7.05 Å². The Labute approximate surface area is 105 Å². The van der Waals surface area contributed by atoms with E-state index in [1.165, 1.54) is 17.0 Å². The SMILES string of the molecule is Cc1[nH][n+](C)c(C)c1C1SCCOCCS1. The largest absolute Gasteiger partial charge is 0.380 e. The van der Waals surface area contributed by atoms with Crippen molar-refractivity contribution in [3.63, 3.8) is 0 Å². The van der Waals surface area contributed by atoms with Crippen LogP contribution in [0.25, 0.3) is 0 Å². The van der Waals surface area contributed by atoms with E-state index in [0.717, 1.165) is 24.7 Å². The van der Waals surface area contributed by atoms with E-state index in [0.29, 0.717) is 4.58 Å². The number of ether oxygens (including phenoxy) is 1. The van der Waals surface area contributed by atoms with E-state index >= 15 is 0 Å². The van der Waals surface area contributed by atoms with Gasteiger partial charge in [-0.05, 0) is 6.92 Å². The molecule has 16 heavy (non-hydrogen) atoms. The van der Waals surface area contributed by atoms with Crippen LogP contribution in [0.1, 0.15) is 21.5 Å². The fourth-order valence-corrected chi connectivity index (χ4v) is 4.79. The number of H-pyrrole nitrogens is 1. The average Bonchev–Trinajstić information content (AvgIpc) is 2.43. The molecule has 1 aliphatic heterocycles. The standard InChI is InChI=1S/C11H18N2OS2/c1-8-10(9(2)13(3)12-8)11-15-6-4-14-5-7-16-11/h11H,4-7H2,1-3H3/p+1. The van der Waals surface area contributed by atoms with Crippen LogP contribution in [0.2, 0.25) is 0 Å². The first-order chi connectivity index (χ1) is 7.70. The minimum atomic E-state index is 0.557. The summed E-state index contributed by atoms with van der Waals surface area (Å²) in [5, 5.41) is 3.37. The lowest BCUT2D eigenvalue weighted by molar-refractivity contribution is -0.732. The number of nitrogens with one attached hydrogen (secondary N) is 1. The highest BCUT2D eigenvalue weighted by molar-refractivity contribution is 8.16. The number of aromatic nitrogens is 2. The molecular weight excluding hydrogens is 240 g/mol. The molecular formula is C11H19N2OS2+. The summed E-state index contributed by atoms with van der Waals surface area (Å²) in [4.78, 5) is 0. The van der Waals surface area contributed by atoms with Crippen LogP contribution < -0.4 is 4.68 Å². The molecule has 0 saturated carbocycles. The van der Waals surface area contributed by atoms with Crippen LogP contribution >= 0.6 is 23.5 Å². The third-order valence-corrected chi connectivity index (χ3v) is 5.56. The third kappa shape index (κ3) is 2.57. The Morgan fingerprint density at radius 3 is 2.38 bits per heavy atom. The lowest BCUT2D eigenvalue weighted by Crippen LogP contribution is -2.33. The maximum absolute atomic E-state index is 5.47. The highest BCUT2D eigenvalue weighted by atomic mass is 32.2. The molecule has 1 N–H and O–H groups in total. The van der Waals surface area contributed by atoms with E-state index in [2.05, 4.69) is 30.7 Å². The summed E-state index contributed by atoms with van der Waals surface area (Å²) in [6, 6.07) is 0. The molecule has 3 nitrogen and oxygen atoms in total. The fourth-order valence-electron chi connectivity index (χ4n) is 1.94. The zero-order valence-electron chi connectivity index (χ0n) is 10.1. The van der Waals surface area contributed by atoms with Gasteiger partial charge in [-0.25, -0.2) is 0 Å². The molecule has 1 saturated heterocycles. The highest BCUT2D eigenvalue weighted by Gasteiger charge is 2.25. The van der Waals surface area contributed by atoms with Gasteiger partial charge >= 0.3 is 0 Å². The van der Waals surface area contributed by atoms with Crippen LogP contribution in [0.4, 0.5) is 0 Å². The van der Waals surface area contributed by atoms with Crippen molar-refractivity contribution in [1.82, 2.24) is 5.10 Å². The fraction of sp³-hybridized carbons (Fsp3) is 0.727. The molecule has 2 rings (SSSR count). The maximum Gasteiger partial charge on any atom is 0.209 e. The van der Waals surface area contributed by atoms with Gasteiger partial charge in [0, 0.05) is 18.4 Å². The van der Waals surface area contributed by atoms with Crippen molar-refractivity contribution in [1.29, 1.82) is 0 Å². The lowest BCUT2D eigenvalue weighted by atomic mass is 10.2. The van der Waals surface area contributed by atoms with Gasteiger partial charge < -0.3 is 4.74 Å². The Morgan fingerprint density at radius 2 is 1.88 bits per heavy atom.